The van der Waals surface area contributed by atoms with Crippen molar-refractivity contribution in [2.24, 2.45) is 0 Å². The van der Waals surface area contributed by atoms with E-state index in [0.29, 0.717) is 5.56 Å². The Kier molecular flexibility index (Phi) is 6.63. The van der Waals surface area contributed by atoms with Crippen LogP contribution < -0.4 is 5.32 Å². The van der Waals surface area contributed by atoms with E-state index in [1.807, 2.05) is 36.6 Å². The molecule has 36 heavy (non-hydrogen) atoms. The van der Waals surface area contributed by atoms with Gasteiger partial charge in [0.2, 0.25) is 0 Å². The van der Waals surface area contributed by atoms with Crippen LogP contribution in [0.5, 0.6) is 0 Å². The SMILES string of the molecule is CSc1ccccc1C(=O)Nc1sc2c(c1-c1nc3ccccc3s1)CCN(Cc1ccccc1)C2. The maximum Gasteiger partial charge on any atom is 0.257 e. The monoisotopic (exact) mass is 527 g/mol. The molecule has 180 valence electrons. The third kappa shape index (κ3) is 4.60. The predicted octanol–water partition coefficient (Wildman–Crippen LogP) is 7.56. The van der Waals surface area contributed by atoms with Gasteiger partial charge < -0.3 is 5.32 Å². The number of thiophene rings is 1. The first-order chi connectivity index (χ1) is 17.7. The highest BCUT2D eigenvalue weighted by atomic mass is 32.2. The second-order valence-electron chi connectivity index (χ2n) is 8.80. The third-order valence-corrected chi connectivity index (χ3v) is 9.45. The van der Waals surface area contributed by atoms with Gasteiger partial charge in [-0.2, -0.15) is 0 Å². The van der Waals surface area contributed by atoms with E-state index in [4.69, 9.17) is 4.98 Å². The zero-order valence-electron chi connectivity index (χ0n) is 19.9. The molecule has 0 radical (unpaired) electrons. The molecule has 0 fully saturated rings. The summed E-state index contributed by atoms with van der Waals surface area (Å²) in [6.07, 6.45) is 2.95. The second kappa shape index (κ2) is 10.2. The fraction of sp³-hybridized carbons (Fsp3) is 0.172. The Morgan fingerprint density at radius 2 is 1.78 bits per heavy atom. The van der Waals surface area contributed by atoms with Gasteiger partial charge in [-0.15, -0.1) is 34.4 Å². The molecule has 4 nitrogen and oxygen atoms in total. The fourth-order valence-electron chi connectivity index (χ4n) is 4.73. The van der Waals surface area contributed by atoms with Crippen molar-refractivity contribution in [3.63, 3.8) is 0 Å². The number of aromatic nitrogens is 1. The molecule has 0 atom stereocenters. The van der Waals surface area contributed by atoms with E-state index in [1.54, 1.807) is 34.4 Å². The van der Waals surface area contributed by atoms with Crippen LogP contribution in [0.2, 0.25) is 0 Å². The summed E-state index contributed by atoms with van der Waals surface area (Å²) in [5.41, 5.74) is 5.47. The molecular weight excluding hydrogens is 503 g/mol. The second-order valence-corrected chi connectivity index (χ2v) is 11.8. The predicted molar refractivity (Wildman–Crippen MR) is 153 cm³/mol. The van der Waals surface area contributed by atoms with E-state index in [2.05, 4.69) is 58.7 Å². The quantitative estimate of drug-likeness (QED) is 0.232. The average molecular weight is 528 g/mol. The lowest BCUT2D eigenvalue weighted by atomic mass is 10.0. The van der Waals surface area contributed by atoms with Crippen LogP contribution in [-0.4, -0.2) is 28.6 Å². The molecule has 1 aliphatic heterocycles. The Hall–Kier alpha value is -2.97. The largest absolute Gasteiger partial charge is 0.313 e. The van der Waals surface area contributed by atoms with Gasteiger partial charge in [-0.1, -0.05) is 54.6 Å². The number of carbonyl (C=O) groups is 1. The molecule has 0 unspecified atom stereocenters. The summed E-state index contributed by atoms with van der Waals surface area (Å²) < 4.78 is 1.17. The number of nitrogens with zero attached hydrogens (tertiary/aromatic N) is 2. The highest BCUT2D eigenvalue weighted by Crippen LogP contribution is 2.46. The number of amides is 1. The maximum absolute atomic E-state index is 13.4. The van der Waals surface area contributed by atoms with Gasteiger partial charge >= 0.3 is 0 Å². The molecule has 1 aliphatic rings. The third-order valence-electron chi connectivity index (χ3n) is 6.47. The van der Waals surface area contributed by atoms with Crippen molar-refractivity contribution < 1.29 is 4.79 Å². The van der Waals surface area contributed by atoms with Crippen LogP contribution >= 0.6 is 34.4 Å². The van der Waals surface area contributed by atoms with Gasteiger partial charge in [0.05, 0.1) is 15.8 Å². The number of hydrogen-bond acceptors (Lipinski definition) is 6. The van der Waals surface area contributed by atoms with Gasteiger partial charge in [0.15, 0.2) is 0 Å². The van der Waals surface area contributed by atoms with Crippen LogP contribution in [0.1, 0.15) is 26.4 Å². The molecule has 0 spiro atoms. The lowest BCUT2D eigenvalue weighted by Crippen LogP contribution is -2.29. The lowest BCUT2D eigenvalue weighted by molar-refractivity contribution is 0.102. The first kappa shape index (κ1) is 23.4. The lowest BCUT2D eigenvalue weighted by Gasteiger charge is -2.27. The van der Waals surface area contributed by atoms with E-state index in [-0.39, 0.29) is 5.91 Å². The smallest absolute Gasteiger partial charge is 0.257 e. The summed E-state index contributed by atoms with van der Waals surface area (Å²) >= 11 is 5.00. The Balaban J connectivity index is 1.38. The van der Waals surface area contributed by atoms with Crippen molar-refractivity contribution in [2.75, 3.05) is 18.1 Å². The molecule has 0 bridgehead atoms. The molecule has 3 aromatic carbocycles. The standard InChI is InChI=1S/C29H25N3OS3/c1-34-23-13-7-5-11-21(23)27(33)31-29-26(28-30-22-12-6-8-14-24(22)35-28)20-15-16-32(18-25(20)36-29)17-19-9-3-2-4-10-19/h2-14H,15-18H2,1H3,(H,31,33). The molecule has 0 aliphatic carbocycles. The highest BCUT2D eigenvalue weighted by Gasteiger charge is 2.28. The van der Waals surface area contributed by atoms with Crippen molar-refractivity contribution in [1.82, 2.24) is 9.88 Å². The molecule has 6 rings (SSSR count). The molecule has 2 aromatic heterocycles. The normalized spacial score (nSPS) is 13.6. The van der Waals surface area contributed by atoms with Crippen LogP contribution in [0, 0.1) is 0 Å². The first-order valence-corrected chi connectivity index (χ1v) is 14.8. The number of hydrogen-bond donors (Lipinski definition) is 1. The van der Waals surface area contributed by atoms with E-state index in [0.717, 1.165) is 52.0 Å². The molecule has 0 saturated carbocycles. The van der Waals surface area contributed by atoms with Gasteiger partial charge in [-0.05, 0) is 48.1 Å². The van der Waals surface area contributed by atoms with Gasteiger partial charge in [0.25, 0.3) is 5.91 Å². The molecule has 5 aromatic rings. The zero-order valence-corrected chi connectivity index (χ0v) is 22.3. The maximum atomic E-state index is 13.4. The Labute approximate surface area is 223 Å². The summed E-state index contributed by atoms with van der Waals surface area (Å²) in [6.45, 7) is 2.79. The topological polar surface area (TPSA) is 45.2 Å². The van der Waals surface area contributed by atoms with E-state index in [1.165, 1.54) is 20.7 Å². The van der Waals surface area contributed by atoms with Gasteiger partial charge in [-0.3, -0.25) is 9.69 Å². The minimum Gasteiger partial charge on any atom is -0.313 e. The van der Waals surface area contributed by atoms with Crippen LogP contribution in [0.3, 0.4) is 0 Å². The number of para-hydroxylation sites is 1. The zero-order chi connectivity index (χ0) is 24.5. The number of rotatable bonds is 6. The summed E-state index contributed by atoms with van der Waals surface area (Å²) in [7, 11) is 0. The number of benzene rings is 3. The van der Waals surface area contributed by atoms with E-state index in [9.17, 15) is 4.79 Å². The Bertz CT molecular complexity index is 1510. The van der Waals surface area contributed by atoms with Crippen molar-refractivity contribution in [2.45, 2.75) is 24.4 Å². The summed E-state index contributed by atoms with van der Waals surface area (Å²) in [4.78, 5) is 23.2. The van der Waals surface area contributed by atoms with E-state index >= 15 is 0 Å². The molecular formula is C29H25N3OS3. The number of nitrogens with one attached hydrogen (secondary N) is 1. The van der Waals surface area contributed by atoms with Crippen LogP contribution in [0.4, 0.5) is 5.00 Å². The number of fused-ring (bicyclic) bond motifs is 2. The Morgan fingerprint density at radius 1 is 1.00 bits per heavy atom. The molecule has 1 N–H and O–H groups in total. The van der Waals surface area contributed by atoms with Crippen LogP contribution in [0.15, 0.2) is 83.8 Å². The fourth-order valence-corrected chi connectivity index (χ4v) is 7.72. The van der Waals surface area contributed by atoms with Crippen LogP contribution in [0.25, 0.3) is 20.8 Å². The number of anilines is 1. The van der Waals surface area contributed by atoms with E-state index < -0.39 is 0 Å². The highest BCUT2D eigenvalue weighted by molar-refractivity contribution is 7.98. The molecule has 3 heterocycles. The Morgan fingerprint density at radius 3 is 2.61 bits per heavy atom. The van der Waals surface area contributed by atoms with Gasteiger partial charge in [0, 0.05) is 35.0 Å². The van der Waals surface area contributed by atoms with Crippen molar-refractivity contribution >= 4 is 55.6 Å². The number of thioether (sulfide) groups is 1. The molecule has 1 amide bonds. The summed E-state index contributed by atoms with van der Waals surface area (Å²) in [6, 6.07) is 26.7. The van der Waals surface area contributed by atoms with Crippen LogP contribution in [-0.2, 0) is 19.5 Å². The average Bonchev–Trinajstić information content (AvgIpc) is 3.49. The minimum absolute atomic E-state index is 0.0675. The van der Waals surface area contributed by atoms with Crippen molar-refractivity contribution in [1.29, 1.82) is 0 Å². The van der Waals surface area contributed by atoms with Crippen molar-refractivity contribution in [3.05, 3.63) is 100 Å². The van der Waals surface area contributed by atoms with Gasteiger partial charge in [0.1, 0.15) is 10.0 Å². The number of carbonyl (C=O) groups excluding carboxylic acids is 1. The molecule has 7 heteroatoms. The first-order valence-electron chi connectivity index (χ1n) is 11.9. The number of thiazole rings is 1. The minimum atomic E-state index is -0.0675. The van der Waals surface area contributed by atoms with Gasteiger partial charge in [-0.25, -0.2) is 4.98 Å². The summed E-state index contributed by atoms with van der Waals surface area (Å²) in [5.74, 6) is -0.0675. The van der Waals surface area contributed by atoms with Crippen molar-refractivity contribution in [3.8, 4) is 10.6 Å². The summed E-state index contributed by atoms with van der Waals surface area (Å²) in [5, 5.41) is 5.17. The molecule has 0 saturated heterocycles.